The van der Waals surface area contributed by atoms with Gasteiger partial charge in [0, 0.05) is 41.0 Å². The Labute approximate surface area is 195 Å². The number of benzene rings is 1. The first-order valence-electron chi connectivity index (χ1n) is 10.9. The molecule has 0 spiro atoms. The van der Waals surface area contributed by atoms with Gasteiger partial charge in [0.25, 0.3) is 0 Å². The van der Waals surface area contributed by atoms with Crippen LogP contribution in [0.25, 0.3) is 32.9 Å². The van der Waals surface area contributed by atoms with Crippen LogP contribution in [0.2, 0.25) is 0 Å². The SMILES string of the molecule is C=CC.CC(C)(C)OC(=O)n1c2ccncc2c2ccc(-c3ccc([N+](C)(C)C)nc3)cc21. The zero-order valence-corrected chi connectivity index (χ0v) is 20.6. The highest BCUT2D eigenvalue weighted by molar-refractivity contribution is 6.13. The summed E-state index contributed by atoms with van der Waals surface area (Å²) >= 11 is 0. The predicted octanol–water partition coefficient (Wildman–Crippen LogP) is 6.42. The molecule has 0 saturated carbocycles. The number of fused-ring (bicyclic) bond motifs is 3. The summed E-state index contributed by atoms with van der Waals surface area (Å²) < 4.78 is 7.97. The minimum absolute atomic E-state index is 0.399. The lowest BCUT2D eigenvalue weighted by Crippen LogP contribution is -2.35. The number of pyridine rings is 2. The Bertz CT molecular complexity index is 1290. The topological polar surface area (TPSA) is 57.0 Å². The van der Waals surface area contributed by atoms with Crippen LogP contribution in [0.15, 0.2) is 67.6 Å². The highest BCUT2D eigenvalue weighted by Crippen LogP contribution is 2.33. The van der Waals surface area contributed by atoms with Crippen LogP contribution >= 0.6 is 0 Å². The van der Waals surface area contributed by atoms with Crippen molar-refractivity contribution in [2.45, 2.75) is 33.3 Å². The molecule has 0 aliphatic rings. The number of allylic oxidation sites excluding steroid dienone is 1. The summed E-state index contributed by atoms with van der Waals surface area (Å²) in [5.41, 5.74) is 2.97. The van der Waals surface area contributed by atoms with Gasteiger partial charge >= 0.3 is 6.09 Å². The Hall–Kier alpha value is -3.51. The fraction of sp³-hybridized carbons (Fsp3) is 0.296. The average molecular weight is 446 g/mol. The molecule has 0 saturated heterocycles. The maximum atomic E-state index is 13.1. The Morgan fingerprint density at radius 3 is 2.24 bits per heavy atom. The van der Waals surface area contributed by atoms with Gasteiger partial charge in [-0.25, -0.2) is 14.3 Å². The molecule has 4 rings (SSSR count). The second kappa shape index (κ2) is 9.16. The van der Waals surface area contributed by atoms with Crippen molar-refractivity contribution in [3.8, 4) is 11.1 Å². The van der Waals surface area contributed by atoms with Gasteiger partial charge in [-0.3, -0.25) is 9.47 Å². The third-order valence-corrected chi connectivity index (χ3v) is 4.91. The normalized spacial score (nSPS) is 11.7. The molecule has 3 aromatic heterocycles. The van der Waals surface area contributed by atoms with Crippen LogP contribution in [0.5, 0.6) is 0 Å². The van der Waals surface area contributed by atoms with E-state index in [1.54, 1.807) is 23.0 Å². The molecule has 1 aromatic carbocycles. The van der Waals surface area contributed by atoms with Crippen molar-refractivity contribution in [3.63, 3.8) is 0 Å². The Balaban J connectivity index is 0.000000968. The van der Waals surface area contributed by atoms with Gasteiger partial charge < -0.3 is 4.74 Å². The number of carbonyl (C=O) groups excluding carboxylic acids is 1. The quantitative estimate of drug-likeness (QED) is 0.264. The number of ether oxygens (including phenoxy) is 1. The zero-order valence-electron chi connectivity index (χ0n) is 20.6. The third kappa shape index (κ3) is 5.29. The van der Waals surface area contributed by atoms with Gasteiger partial charge in [-0.15, -0.1) is 6.58 Å². The Morgan fingerprint density at radius 2 is 1.67 bits per heavy atom. The van der Waals surface area contributed by atoms with E-state index in [9.17, 15) is 4.79 Å². The van der Waals surface area contributed by atoms with Crippen molar-refractivity contribution in [1.82, 2.24) is 19.0 Å². The predicted molar refractivity (Wildman–Crippen MR) is 138 cm³/mol. The van der Waals surface area contributed by atoms with Crippen LogP contribution < -0.4 is 4.48 Å². The van der Waals surface area contributed by atoms with Crippen molar-refractivity contribution >= 4 is 33.7 Å². The monoisotopic (exact) mass is 445 g/mol. The molecule has 6 nitrogen and oxygen atoms in total. The van der Waals surface area contributed by atoms with Crippen molar-refractivity contribution in [3.05, 3.63) is 67.6 Å². The Kier molecular flexibility index (Phi) is 6.70. The molecule has 0 amide bonds. The molecule has 0 bridgehead atoms. The van der Waals surface area contributed by atoms with Crippen molar-refractivity contribution in [1.29, 1.82) is 0 Å². The minimum Gasteiger partial charge on any atom is -0.443 e. The summed E-state index contributed by atoms with van der Waals surface area (Å²) in [4.78, 5) is 21.9. The van der Waals surface area contributed by atoms with Crippen LogP contribution in [0, 0.1) is 0 Å². The highest BCUT2D eigenvalue weighted by atomic mass is 16.6. The van der Waals surface area contributed by atoms with E-state index in [0.717, 1.165) is 38.8 Å². The van der Waals surface area contributed by atoms with E-state index in [0.29, 0.717) is 4.48 Å². The standard InChI is InChI=1S/C24H27N4O2.C3H6/c1-24(2,3)30-23(29)27-20-11-12-25-15-19(20)18-9-7-16(13-21(18)27)17-8-10-22(26-14-17)28(4,5)6;1-3-2/h7-15H,1-6H3;3H,1H2,2H3/q+1;. The van der Waals surface area contributed by atoms with Gasteiger partial charge in [0.05, 0.1) is 32.2 Å². The van der Waals surface area contributed by atoms with E-state index < -0.39 is 11.7 Å². The van der Waals surface area contributed by atoms with Gasteiger partial charge in [-0.05, 0) is 51.5 Å². The molecule has 0 radical (unpaired) electrons. The third-order valence-electron chi connectivity index (χ3n) is 4.91. The maximum Gasteiger partial charge on any atom is 0.419 e. The van der Waals surface area contributed by atoms with Gasteiger partial charge in [0.1, 0.15) is 5.60 Å². The molecular formula is C27H33N4O2+. The van der Waals surface area contributed by atoms with Crippen LogP contribution in [-0.2, 0) is 4.74 Å². The molecule has 0 aliphatic heterocycles. The largest absolute Gasteiger partial charge is 0.443 e. The molecule has 0 atom stereocenters. The van der Waals surface area contributed by atoms with Crippen LogP contribution in [0.1, 0.15) is 27.7 Å². The summed E-state index contributed by atoms with van der Waals surface area (Å²) in [6, 6.07) is 12.0. The molecule has 0 N–H and O–H groups in total. The smallest absolute Gasteiger partial charge is 0.419 e. The first-order chi connectivity index (χ1) is 15.5. The van der Waals surface area contributed by atoms with E-state index >= 15 is 0 Å². The number of nitrogens with zero attached hydrogens (tertiary/aromatic N) is 4. The van der Waals surface area contributed by atoms with Crippen molar-refractivity contribution in [2.75, 3.05) is 21.1 Å². The van der Waals surface area contributed by atoms with E-state index in [-0.39, 0.29) is 0 Å². The summed E-state index contributed by atoms with van der Waals surface area (Å²) in [6.07, 6.45) is 6.71. The second-order valence-corrected chi connectivity index (χ2v) is 9.77. The average Bonchev–Trinajstić information content (AvgIpc) is 3.06. The van der Waals surface area contributed by atoms with Crippen molar-refractivity contribution in [2.24, 2.45) is 0 Å². The first-order valence-corrected chi connectivity index (χ1v) is 10.9. The van der Waals surface area contributed by atoms with E-state index in [1.165, 1.54) is 0 Å². The molecule has 0 aliphatic carbocycles. The molecule has 6 heteroatoms. The molecular weight excluding hydrogens is 412 g/mol. The number of rotatable bonds is 2. The molecule has 4 aromatic rings. The van der Waals surface area contributed by atoms with E-state index in [4.69, 9.17) is 4.74 Å². The number of quaternary nitrogens is 1. The van der Waals surface area contributed by atoms with Crippen LogP contribution in [-0.4, -0.2) is 47.4 Å². The lowest BCUT2D eigenvalue weighted by atomic mass is 10.1. The number of aromatic nitrogens is 3. The molecule has 172 valence electrons. The number of hydrogen-bond donors (Lipinski definition) is 0. The maximum absolute atomic E-state index is 13.1. The molecule has 33 heavy (non-hydrogen) atoms. The lowest BCUT2D eigenvalue weighted by Gasteiger charge is -2.21. The van der Waals surface area contributed by atoms with E-state index in [1.807, 2.05) is 58.2 Å². The first kappa shape index (κ1) is 24.1. The van der Waals surface area contributed by atoms with Gasteiger partial charge in [-0.1, -0.05) is 18.2 Å². The van der Waals surface area contributed by atoms with Gasteiger partial charge in [0.2, 0.25) is 5.82 Å². The summed E-state index contributed by atoms with van der Waals surface area (Å²) in [6.45, 7) is 10.9. The molecule has 3 heterocycles. The van der Waals surface area contributed by atoms with Crippen LogP contribution in [0.4, 0.5) is 10.6 Å². The fourth-order valence-corrected chi connectivity index (χ4v) is 3.50. The Morgan fingerprint density at radius 1 is 1.00 bits per heavy atom. The van der Waals surface area contributed by atoms with Crippen LogP contribution in [0.3, 0.4) is 0 Å². The lowest BCUT2D eigenvalue weighted by molar-refractivity contribution is 0.0551. The van der Waals surface area contributed by atoms with E-state index in [2.05, 4.69) is 49.8 Å². The summed E-state index contributed by atoms with van der Waals surface area (Å²) in [7, 11) is 6.25. The van der Waals surface area contributed by atoms with Gasteiger partial charge in [0.15, 0.2) is 0 Å². The van der Waals surface area contributed by atoms with Crippen molar-refractivity contribution < 1.29 is 9.53 Å². The summed E-state index contributed by atoms with van der Waals surface area (Å²) in [5, 5.41) is 1.88. The highest BCUT2D eigenvalue weighted by Gasteiger charge is 2.23. The molecule has 0 fully saturated rings. The second-order valence-electron chi connectivity index (χ2n) is 9.77. The fourth-order valence-electron chi connectivity index (χ4n) is 3.50. The zero-order chi connectivity index (χ0) is 24.4. The van der Waals surface area contributed by atoms with Gasteiger partial charge in [-0.2, -0.15) is 0 Å². The summed E-state index contributed by atoms with van der Waals surface area (Å²) in [5.74, 6) is 0.980. The minimum atomic E-state index is -0.588. The number of hydrogen-bond acceptors (Lipinski definition) is 4. The molecule has 0 unspecified atom stereocenters. The number of carbonyl (C=O) groups is 1.